The highest BCUT2D eigenvalue weighted by atomic mass is 32.2. The molecule has 2 aromatic rings. The highest BCUT2D eigenvalue weighted by molar-refractivity contribution is 7.92. The predicted molar refractivity (Wildman–Crippen MR) is 98.0 cm³/mol. The van der Waals surface area contributed by atoms with E-state index in [4.69, 9.17) is 9.47 Å². The number of unbranched alkanes of at least 4 members (excludes halogenated alkanes) is 1. The highest BCUT2D eigenvalue weighted by Crippen LogP contribution is 2.29. The molecule has 0 amide bonds. The van der Waals surface area contributed by atoms with Crippen LogP contribution in [0.2, 0.25) is 0 Å². The number of hydrogen-bond acceptors (Lipinski definition) is 6. The number of nitrogens with zero attached hydrogens (tertiary/aromatic N) is 1. The fraction of sp³-hybridized carbons (Fsp3) is 0.353. The van der Waals surface area contributed by atoms with E-state index in [1.807, 2.05) is 0 Å². The maximum atomic E-state index is 12.6. The second-order valence-electron chi connectivity index (χ2n) is 5.33. The molecular weight excluding hydrogens is 342 g/mol. The van der Waals surface area contributed by atoms with Gasteiger partial charge >= 0.3 is 0 Å². The Balaban J connectivity index is 2.18. The van der Waals surface area contributed by atoms with Crippen molar-refractivity contribution in [2.75, 3.05) is 30.8 Å². The molecule has 0 saturated carbocycles. The lowest BCUT2D eigenvalue weighted by atomic mass is 10.3. The minimum absolute atomic E-state index is 0.0127. The highest BCUT2D eigenvalue weighted by Gasteiger charge is 2.21. The lowest BCUT2D eigenvalue weighted by Crippen LogP contribution is -2.15. The number of sulfonamides is 1. The third kappa shape index (κ3) is 4.99. The molecule has 0 aliphatic heterocycles. The van der Waals surface area contributed by atoms with Crippen LogP contribution in [-0.4, -0.2) is 34.2 Å². The Morgan fingerprint density at radius 3 is 2.52 bits per heavy atom. The maximum Gasteiger partial charge on any atom is 0.266 e. The lowest BCUT2D eigenvalue weighted by Gasteiger charge is -2.13. The summed E-state index contributed by atoms with van der Waals surface area (Å²) in [5.74, 6) is 0.877. The summed E-state index contributed by atoms with van der Waals surface area (Å²) in [7, 11) is -0.978. The van der Waals surface area contributed by atoms with E-state index in [1.165, 1.54) is 20.3 Å². The van der Waals surface area contributed by atoms with Crippen LogP contribution >= 0.6 is 0 Å². The van der Waals surface area contributed by atoms with Crippen molar-refractivity contribution in [3.63, 3.8) is 0 Å². The van der Waals surface area contributed by atoms with E-state index >= 15 is 0 Å². The van der Waals surface area contributed by atoms with Gasteiger partial charge < -0.3 is 14.8 Å². The summed E-state index contributed by atoms with van der Waals surface area (Å²) in [6, 6.07) is 7.97. The molecule has 1 heterocycles. The van der Waals surface area contributed by atoms with E-state index in [-0.39, 0.29) is 16.5 Å². The number of methoxy groups -OCH3 is 2. The molecule has 0 aliphatic carbocycles. The first-order valence-electron chi connectivity index (χ1n) is 7.95. The molecular formula is C17H23N3O4S. The summed E-state index contributed by atoms with van der Waals surface area (Å²) in [6.07, 6.45) is 3.75. The quantitative estimate of drug-likeness (QED) is 0.664. The second kappa shape index (κ2) is 8.57. The number of benzene rings is 1. The van der Waals surface area contributed by atoms with Crippen LogP contribution in [0.25, 0.3) is 0 Å². The Hall–Kier alpha value is -2.48. The van der Waals surface area contributed by atoms with E-state index in [9.17, 15) is 8.42 Å². The molecule has 0 aliphatic rings. The topological polar surface area (TPSA) is 89.5 Å². The van der Waals surface area contributed by atoms with Gasteiger partial charge in [-0.25, -0.2) is 13.4 Å². The third-order valence-electron chi connectivity index (χ3n) is 3.52. The molecule has 2 N–H and O–H groups in total. The van der Waals surface area contributed by atoms with Crippen molar-refractivity contribution in [3.8, 4) is 11.5 Å². The zero-order valence-corrected chi connectivity index (χ0v) is 15.4. The molecule has 7 nitrogen and oxygen atoms in total. The Bertz CT molecular complexity index is 792. The van der Waals surface area contributed by atoms with Crippen molar-refractivity contribution in [3.05, 3.63) is 36.5 Å². The number of hydrogen-bond donors (Lipinski definition) is 2. The maximum absolute atomic E-state index is 12.6. The number of rotatable bonds is 9. The van der Waals surface area contributed by atoms with Crippen LogP contribution in [0, 0.1) is 0 Å². The number of aromatic nitrogens is 1. The van der Waals surface area contributed by atoms with Gasteiger partial charge in [-0.05, 0) is 30.7 Å². The summed E-state index contributed by atoms with van der Waals surface area (Å²) >= 11 is 0. The van der Waals surface area contributed by atoms with Gasteiger partial charge in [0.1, 0.15) is 22.2 Å². The molecule has 2 rings (SSSR count). The van der Waals surface area contributed by atoms with E-state index in [0.717, 1.165) is 25.1 Å². The Labute approximate surface area is 148 Å². The molecule has 136 valence electrons. The molecule has 25 heavy (non-hydrogen) atoms. The van der Waals surface area contributed by atoms with Gasteiger partial charge in [0.25, 0.3) is 10.0 Å². The van der Waals surface area contributed by atoms with Crippen molar-refractivity contribution in [1.29, 1.82) is 0 Å². The Kier molecular flexibility index (Phi) is 6.46. The second-order valence-corrected chi connectivity index (χ2v) is 6.99. The average Bonchev–Trinajstić information content (AvgIpc) is 2.62. The fourth-order valence-electron chi connectivity index (χ4n) is 2.15. The number of anilines is 2. The van der Waals surface area contributed by atoms with Crippen molar-refractivity contribution in [1.82, 2.24) is 4.98 Å². The summed E-state index contributed by atoms with van der Waals surface area (Å²) in [4.78, 5) is 4.13. The largest absolute Gasteiger partial charge is 0.497 e. The van der Waals surface area contributed by atoms with E-state index in [0.29, 0.717) is 5.75 Å². The predicted octanol–water partition coefficient (Wildman–Crippen LogP) is 3.11. The van der Waals surface area contributed by atoms with E-state index in [1.54, 1.807) is 30.5 Å². The molecule has 0 saturated heterocycles. The zero-order chi connectivity index (χ0) is 18.3. The van der Waals surface area contributed by atoms with E-state index in [2.05, 4.69) is 21.9 Å². The van der Waals surface area contributed by atoms with Crippen molar-refractivity contribution >= 4 is 21.5 Å². The molecule has 1 aromatic heterocycles. The Morgan fingerprint density at radius 1 is 1.12 bits per heavy atom. The van der Waals surface area contributed by atoms with Gasteiger partial charge in [0, 0.05) is 12.6 Å². The molecule has 0 spiro atoms. The van der Waals surface area contributed by atoms with Crippen LogP contribution in [-0.2, 0) is 10.0 Å². The van der Waals surface area contributed by atoms with Gasteiger partial charge in [-0.15, -0.1) is 0 Å². The summed E-state index contributed by atoms with van der Waals surface area (Å²) in [5, 5.41) is 3.22. The summed E-state index contributed by atoms with van der Waals surface area (Å²) < 4.78 is 38.0. The van der Waals surface area contributed by atoms with Gasteiger partial charge in [-0.1, -0.05) is 13.3 Å². The molecule has 0 bridgehead atoms. The first-order chi connectivity index (χ1) is 12.0. The molecule has 0 atom stereocenters. The van der Waals surface area contributed by atoms with Crippen LogP contribution in [0.1, 0.15) is 19.8 Å². The SMILES string of the molecule is CCCCNc1ccc(NS(=O)(=O)c2cc(OC)ccc2OC)nc1. The molecule has 8 heteroatoms. The minimum Gasteiger partial charge on any atom is -0.497 e. The normalized spacial score (nSPS) is 11.0. The smallest absolute Gasteiger partial charge is 0.266 e. The monoisotopic (exact) mass is 365 g/mol. The average molecular weight is 365 g/mol. The number of nitrogens with one attached hydrogen (secondary N) is 2. The molecule has 0 fully saturated rings. The van der Waals surface area contributed by atoms with Crippen LogP contribution < -0.4 is 19.5 Å². The van der Waals surface area contributed by atoms with Crippen molar-refractivity contribution < 1.29 is 17.9 Å². The molecule has 0 unspecified atom stereocenters. The van der Waals surface area contributed by atoms with Gasteiger partial charge in [-0.2, -0.15) is 0 Å². The summed E-state index contributed by atoms with van der Waals surface area (Å²) in [5.41, 5.74) is 0.843. The summed E-state index contributed by atoms with van der Waals surface area (Å²) in [6.45, 7) is 2.97. The van der Waals surface area contributed by atoms with Crippen molar-refractivity contribution in [2.45, 2.75) is 24.7 Å². The molecule has 1 aromatic carbocycles. The third-order valence-corrected chi connectivity index (χ3v) is 4.90. The first-order valence-corrected chi connectivity index (χ1v) is 9.43. The van der Waals surface area contributed by atoms with Crippen LogP contribution in [0.15, 0.2) is 41.4 Å². The van der Waals surface area contributed by atoms with Crippen LogP contribution in [0.3, 0.4) is 0 Å². The van der Waals surface area contributed by atoms with E-state index < -0.39 is 10.0 Å². The number of ether oxygens (including phenoxy) is 2. The number of pyridine rings is 1. The van der Waals surface area contributed by atoms with Gasteiger partial charge in [0.05, 0.1) is 26.1 Å². The fourth-order valence-corrected chi connectivity index (χ4v) is 3.35. The first kappa shape index (κ1) is 18.9. The Morgan fingerprint density at radius 2 is 1.92 bits per heavy atom. The van der Waals surface area contributed by atoms with Crippen LogP contribution in [0.4, 0.5) is 11.5 Å². The zero-order valence-electron chi connectivity index (χ0n) is 14.6. The minimum atomic E-state index is -3.86. The molecule has 0 radical (unpaired) electrons. The lowest BCUT2D eigenvalue weighted by molar-refractivity contribution is 0.392. The van der Waals surface area contributed by atoms with Gasteiger partial charge in [0.15, 0.2) is 0 Å². The van der Waals surface area contributed by atoms with Crippen molar-refractivity contribution in [2.24, 2.45) is 0 Å². The van der Waals surface area contributed by atoms with Crippen LogP contribution in [0.5, 0.6) is 11.5 Å². The van der Waals surface area contributed by atoms with Gasteiger partial charge in [-0.3, -0.25) is 4.72 Å². The standard InChI is InChI=1S/C17H23N3O4S/c1-4-5-10-18-13-6-9-17(19-12-13)20-25(21,22)16-11-14(23-2)7-8-15(16)24-3/h6-9,11-12,18H,4-5,10H2,1-3H3,(H,19,20). The van der Waals surface area contributed by atoms with Gasteiger partial charge in [0.2, 0.25) is 0 Å².